The normalized spacial score (nSPS) is 15.1. The van der Waals surface area contributed by atoms with Crippen molar-refractivity contribution in [2.24, 2.45) is 0 Å². The number of para-hydroxylation sites is 1. The summed E-state index contributed by atoms with van der Waals surface area (Å²) in [4.78, 5) is 0. The Bertz CT molecular complexity index is 1880. The topological polar surface area (TPSA) is 102 Å². The molecule has 2 aliphatic carbocycles. The minimum absolute atomic E-state index is 0. The van der Waals surface area contributed by atoms with E-state index in [1.165, 1.54) is 97.3 Å². The fourth-order valence-corrected chi connectivity index (χ4v) is 12.4. The molecule has 57 heavy (non-hydrogen) atoms. The van der Waals surface area contributed by atoms with Crippen LogP contribution in [0.3, 0.4) is 0 Å². The van der Waals surface area contributed by atoms with Crippen LogP contribution in [0.25, 0.3) is 22.3 Å². The van der Waals surface area contributed by atoms with E-state index in [1.54, 1.807) is 0 Å². The number of anilines is 1. The van der Waals surface area contributed by atoms with Crippen molar-refractivity contribution in [1.29, 1.82) is 0 Å². The van der Waals surface area contributed by atoms with Gasteiger partial charge in [0.05, 0.1) is 24.3 Å². The number of hydrogen-bond donors (Lipinski definition) is 1. The number of hydrogen-bond acceptors (Lipinski definition) is 6. The summed E-state index contributed by atoms with van der Waals surface area (Å²) in [5.41, 5.74) is 17.5. The molecule has 2 N–H and O–H groups in total. The first-order valence-corrected chi connectivity index (χ1v) is 23.9. The number of ether oxygens (including phenoxy) is 2. The average molecular weight is 907 g/mol. The molecule has 2 aliphatic rings. The van der Waals surface area contributed by atoms with Crippen LogP contribution in [0.2, 0.25) is 0 Å². The Morgan fingerprint density at radius 2 is 1.18 bits per heavy atom. The van der Waals surface area contributed by atoms with Crippen LogP contribution in [-0.2, 0) is 30.5 Å². The van der Waals surface area contributed by atoms with E-state index in [4.69, 9.17) is 28.2 Å². The molecular weight excluding hydrogens is 840 g/mol. The fraction of sp³-hybridized carbons (Fsp3) is 0.500. The van der Waals surface area contributed by atoms with Crippen LogP contribution in [0.4, 0.5) is 5.69 Å². The van der Waals surface area contributed by atoms with E-state index in [2.05, 4.69) is 71.9 Å². The van der Waals surface area contributed by atoms with E-state index < -0.39 is 10.1 Å². The summed E-state index contributed by atoms with van der Waals surface area (Å²) < 4.78 is 39.8. The predicted molar refractivity (Wildman–Crippen MR) is 238 cm³/mol. The third kappa shape index (κ3) is 13.7. The molecule has 0 spiro atoms. The van der Waals surface area contributed by atoms with Gasteiger partial charge in [0.1, 0.15) is 11.5 Å². The Morgan fingerprint density at radius 3 is 1.60 bits per heavy atom. The van der Waals surface area contributed by atoms with Crippen molar-refractivity contribution in [1.82, 2.24) is 0 Å². The molecule has 0 aromatic heterocycles. The van der Waals surface area contributed by atoms with Crippen LogP contribution < -0.4 is 20.5 Å². The summed E-state index contributed by atoms with van der Waals surface area (Å²) in [7, 11) is -0.536. The first-order chi connectivity index (χ1) is 26.7. The van der Waals surface area contributed by atoms with E-state index in [9.17, 15) is 0 Å². The van der Waals surface area contributed by atoms with Crippen LogP contribution >= 0.6 is 7.92 Å². The molecule has 314 valence electrons. The maximum Gasteiger partial charge on any atom is 2.00 e. The number of nitrogens with two attached hydrogens (primary N) is 1. The maximum absolute atomic E-state index is 9.08. The third-order valence-corrected chi connectivity index (χ3v) is 14.6. The van der Waals surface area contributed by atoms with Gasteiger partial charge in [-0.2, -0.15) is 0 Å². The van der Waals surface area contributed by atoms with Gasteiger partial charge >= 0.3 is 20.4 Å². The summed E-state index contributed by atoms with van der Waals surface area (Å²) in [5, 5.41) is 1.52. The minimum Gasteiger partial charge on any atom is -0.748 e. The summed E-state index contributed by atoms with van der Waals surface area (Å²) in [6.07, 6.45) is 14.5. The van der Waals surface area contributed by atoms with Crippen molar-refractivity contribution in [3.63, 3.8) is 0 Å². The van der Waals surface area contributed by atoms with Gasteiger partial charge in [-0.25, -0.2) is 8.42 Å². The van der Waals surface area contributed by atoms with E-state index in [0.29, 0.717) is 24.0 Å². The molecule has 6 rings (SSSR count). The summed E-state index contributed by atoms with van der Waals surface area (Å²) >= 11 is 0. The monoisotopic (exact) mass is 905 g/mol. The smallest absolute Gasteiger partial charge is 0.748 e. The van der Waals surface area contributed by atoms with E-state index in [-0.39, 0.29) is 28.3 Å². The Balaban J connectivity index is 0.000000377. The molecule has 0 unspecified atom stereocenters. The summed E-state index contributed by atoms with van der Waals surface area (Å²) in [6, 6.07) is 28.2. The molecule has 0 amide bonds. The zero-order chi connectivity index (χ0) is 41.0. The Morgan fingerprint density at radius 1 is 0.702 bits per heavy atom. The third-order valence-electron chi connectivity index (χ3n) is 11.1. The van der Waals surface area contributed by atoms with Gasteiger partial charge in [0.2, 0.25) is 0 Å². The first kappa shape index (κ1) is 48.6. The number of rotatable bonds is 10. The number of methoxy groups -OCH3 is 2. The van der Waals surface area contributed by atoms with Crippen LogP contribution in [0.5, 0.6) is 11.5 Å². The molecule has 6 nitrogen and oxygen atoms in total. The van der Waals surface area contributed by atoms with Gasteiger partial charge in [-0.05, 0) is 101 Å². The van der Waals surface area contributed by atoms with Crippen molar-refractivity contribution in [3.05, 3.63) is 95.6 Å². The Labute approximate surface area is 360 Å². The fourth-order valence-electron chi connectivity index (χ4n) is 8.32. The Kier molecular flexibility index (Phi) is 19.8. The molecule has 0 atom stereocenters. The van der Waals surface area contributed by atoms with Gasteiger partial charge in [0.15, 0.2) is 0 Å². The molecule has 0 aliphatic heterocycles. The van der Waals surface area contributed by atoms with Crippen LogP contribution in [-0.4, -0.2) is 44.8 Å². The summed E-state index contributed by atoms with van der Waals surface area (Å²) in [5.74, 6) is 3.50. The van der Waals surface area contributed by atoms with Crippen molar-refractivity contribution in [2.75, 3.05) is 26.2 Å². The largest absolute Gasteiger partial charge is 2.00 e. The second-order valence-electron chi connectivity index (χ2n) is 16.3. The summed E-state index contributed by atoms with van der Waals surface area (Å²) in [6.45, 7) is 14.1. The second kappa shape index (κ2) is 23.2. The maximum atomic E-state index is 9.08. The van der Waals surface area contributed by atoms with Gasteiger partial charge in [-0.15, -0.1) is 35.9 Å². The number of benzene rings is 4. The van der Waals surface area contributed by atoms with Crippen molar-refractivity contribution in [2.45, 2.75) is 135 Å². The molecule has 0 bridgehead atoms. The first-order valence-electron chi connectivity index (χ1n) is 20.6. The minimum atomic E-state index is -3.92. The standard InChI is InChI=1S/C35H53O2P.C12H10N.CH4O3S.Pd/c1-23(2)26-21-29(24(3)4)33(30(22-26)25(5)6)34-31(36-7)19-20-32(37-8)35(34)38(27-15-11-9-12-16-27)28-17-13-10-14-18-28;13-12-9-5-4-8-11(12)10-6-2-1-3-7-10;1-5(2,3)4;/h19-25,27-28H,9-18H2,1-8H3;1-6,8-9H,13H2;1H3,(H,2,3,4);/q;-1;;+2/p-1. The van der Waals surface area contributed by atoms with Gasteiger partial charge < -0.3 is 19.8 Å². The van der Waals surface area contributed by atoms with E-state index in [1.807, 2.05) is 62.8 Å². The van der Waals surface area contributed by atoms with Crippen LogP contribution in [0.1, 0.15) is 140 Å². The Hall–Kier alpha value is -2.72. The van der Waals surface area contributed by atoms with E-state index in [0.717, 1.165) is 39.6 Å². The van der Waals surface area contributed by atoms with Crippen molar-refractivity contribution >= 4 is 29.0 Å². The molecule has 0 heterocycles. The number of nitrogen functional groups attached to an aromatic ring is 1. The molecule has 0 radical (unpaired) electrons. The average Bonchev–Trinajstić information content (AvgIpc) is 3.18. The van der Waals surface area contributed by atoms with Gasteiger partial charge in [0.25, 0.3) is 0 Å². The molecule has 2 fully saturated rings. The molecule has 0 saturated heterocycles. The molecule has 4 aromatic carbocycles. The second-order valence-corrected chi connectivity index (χ2v) is 20.4. The molecular formula is C48H66NO5PPdS. The van der Waals surface area contributed by atoms with Crippen LogP contribution in [0.15, 0.2) is 72.8 Å². The van der Waals surface area contributed by atoms with E-state index >= 15 is 0 Å². The van der Waals surface area contributed by atoms with Crippen LogP contribution in [0, 0.1) is 6.07 Å². The quantitative estimate of drug-likeness (QED) is 0.0559. The van der Waals surface area contributed by atoms with Gasteiger partial charge in [-0.1, -0.05) is 124 Å². The molecule has 9 heteroatoms. The van der Waals surface area contributed by atoms with Crippen molar-refractivity contribution < 1.29 is 42.9 Å². The zero-order valence-electron chi connectivity index (χ0n) is 35.7. The predicted octanol–water partition coefficient (Wildman–Crippen LogP) is 12.4. The van der Waals surface area contributed by atoms with Gasteiger partial charge in [0, 0.05) is 17.1 Å². The van der Waals surface area contributed by atoms with Gasteiger partial charge in [-0.3, -0.25) is 0 Å². The SMILES string of the molecule is COc1ccc(OC)c(P(C2CCCCC2)C2CCCCC2)c1-c1c(C(C)C)cc(C(C)C)cc1C(C)C.CS(=O)(=O)[O-].Nc1ccccc1-c1[c-]cccc1.[Pd+2]. The molecule has 4 aromatic rings. The zero-order valence-corrected chi connectivity index (χ0v) is 38.9. The molecule has 2 saturated carbocycles. The van der Waals surface area contributed by atoms with Crippen molar-refractivity contribution in [3.8, 4) is 33.8 Å².